The Morgan fingerprint density at radius 3 is 2.70 bits per heavy atom. The molecule has 0 aromatic carbocycles. The Kier molecular flexibility index (Phi) is 5.45. The van der Waals surface area contributed by atoms with Gasteiger partial charge < -0.3 is 15.4 Å². The Labute approximate surface area is 133 Å². The van der Waals surface area contributed by atoms with E-state index in [2.05, 4.69) is 15.5 Å². The predicted molar refractivity (Wildman–Crippen MR) is 82.8 cm³/mol. The third-order valence-corrected chi connectivity index (χ3v) is 3.50. The van der Waals surface area contributed by atoms with Crippen LogP contribution in [0.1, 0.15) is 24.2 Å². The Morgan fingerprint density at radius 1 is 1.30 bits per heavy atom. The molecule has 0 atom stereocenters. The van der Waals surface area contributed by atoms with Crippen molar-refractivity contribution >= 4 is 11.7 Å². The molecule has 2 rings (SSSR count). The normalized spacial score (nSPS) is 10.7. The Hall–Kier alpha value is -2.71. The molecule has 2 aromatic heterocycles. The number of amides is 1. The zero-order valence-electron chi connectivity index (χ0n) is 13.2. The van der Waals surface area contributed by atoms with Crippen molar-refractivity contribution in [3.8, 4) is 0 Å². The molecule has 0 unspecified atom stereocenters. The second-order valence-electron chi connectivity index (χ2n) is 5.27. The predicted octanol–water partition coefficient (Wildman–Crippen LogP) is 1.20. The second-order valence-corrected chi connectivity index (χ2v) is 5.27. The van der Waals surface area contributed by atoms with Crippen LogP contribution in [0.15, 0.2) is 18.3 Å². The zero-order chi connectivity index (χ0) is 16.8. The average Bonchev–Trinajstić information content (AvgIpc) is 3.08. The number of rotatable bonds is 8. The number of carbonyl (C=O) groups is 1. The van der Waals surface area contributed by atoms with Crippen molar-refractivity contribution < 1.29 is 9.72 Å². The van der Waals surface area contributed by atoms with Crippen molar-refractivity contribution in [1.29, 1.82) is 0 Å². The Balaban J connectivity index is 1.69. The maximum Gasteiger partial charge on any atom is 0.390 e. The molecular formula is C14H20N6O3. The van der Waals surface area contributed by atoms with Crippen molar-refractivity contribution in [3.05, 3.63) is 39.8 Å². The van der Waals surface area contributed by atoms with Gasteiger partial charge in [-0.1, -0.05) is 0 Å². The minimum Gasteiger partial charge on any atom is -0.358 e. The maximum atomic E-state index is 11.8. The van der Waals surface area contributed by atoms with E-state index >= 15 is 0 Å². The third kappa shape index (κ3) is 4.63. The molecule has 2 heterocycles. The van der Waals surface area contributed by atoms with E-state index in [1.165, 1.54) is 10.7 Å². The topological polar surface area (TPSA) is 108 Å². The summed E-state index contributed by atoms with van der Waals surface area (Å²) in [4.78, 5) is 21.9. The van der Waals surface area contributed by atoms with Crippen LogP contribution >= 0.6 is 0 Å². The van der Waals surface area contributed by atoms with Gasteiger partial charge in [0.05, 0.1) is 23.4 Å². The summed E-state index contributed by atoms with van der Waals surface area (Å²) in [7, 11) is 0. The Morgan fingerprint density at radius 2 is 2.09 bits per heavy atom. The smallest absolute Gasteiger partial charge is 0.358 e. The van der Waals surface area contributed by atoms with Crippen molar-refractivity contribution in [2.24, 2.45) is 0 Å². The van der Waals surface area contributed by atoms with Gasteiger partial charge in [-0.25, -0.2) is 0 Å². The number of nitro groups is 1. The summed E-state index contributed by atoms with van der Waals surface area (Å²) in [5.74, 6) is -0.294. The van der Waals surface area contributed by atoms with E-state index in [1.54, 1.807) is 13.1 Å². The quantitative estimate of drug-likeness (QED) is 0.447. The zero-order valence-corrected chi connectivity index (χ0v) is 13.2. The molecule has 0 radical (unpaired) electrons. The van der Waals surface area contributed by atoms with Crippen LogP contribution in [-0.2, 0) is 17.9 Å². The van der Waals surface area contributed by atoms with Crippen LogP contribution in [0.3, 0.4) is 0 Å². The fourth-order valence-corrected chi connectivity index (χ4v) is 2.19. The van der Waals surface area contributed by atoms with Gasteiger partial charge in [0, 0.05) is 31.4 Å². The highest BCUT2D eigenvalue weighted by molar-refractivity contribution is 5.75. The fraction of sp³-hybridized carbons (Fsp3) is 0.500. The molecule has 0 aliphatic rings. The monoisotopic (exact) mass is 320 g/mol. The van der Waals surface area contributed by atoms with Crippen LogP contribution in [0.2, 0.25) is 0 Å². The minimum absolute atomic E-state index is 0.0975. The highest BCUT2D eigenvalue weighted by Gasteiger charge is 2.15. The summed E-state index contributed by atoms with van der Waals surface area (Å²) in [6.07, 6.45) is 2.78. The van der Waals surface area contributed by atoms with Crippen molar-refractivity contribution in [1.82, 2.24) is 24.9 Å². The van der Waals surface area contributed by atoms with Crippen LogP contribution in [-0.4, -0.2) is 36.9 Å². The molecular weight excluding hydrogens is 300 g/mol. The first-order chi connectivity index (χ1) is 11.0. The largest absolute Gasteiger partial charge is 0.390 e. The van der Waals surface area contributed by atoms with Gasteiger partial charge in [0.1, 0.15) is 0 Å². The highest BCUT2D eigenvalue weighted by Crippen LogP contribution is 2.11. The van der Waals surface area contributed by atoms with E-state index in [1.807, 2.05) is 17.7 Å². The molecule has 9 nitrogen and oxygen atoms in total. The van der Waals surface area contributed by atoms with E-state index in [0.29, 0.717) is 18.8 Å². The number of hydrogen-bond donors (Lipinski definition) is 1. The van der Waals surface area contributed by atoms with Crippen molar-refractivity contribution in [3.63, 3.8) is 0 Å². The van der Waals surface area contributed by atoms with Crippen LogP contribution in [0.5, 0.6) is 0 Å². The SMILES string of the molecule is Cc1ccnn1CCCNC(=O)CCn1nc([N+](=O)[O-])cc1C. The van der Waals surface area contributed by atoms with E-state index in [-0.39, 0.29) is 18.1 Å². The molecule has 2 aromatic rings. The van der Waals surface area contributed by atoms with Crippen molar-refractivity contribution in [2.45, 2.75) is 39.8 Å². The molecule has 0 bridgehead atoms. The minimum atomic E-state index is -0.541. The molecule has 0 fully saturated rings. The lowest BCUT2D eigenvalue weighted by Gasteiger charge is -2.06. The summed E-state index contributed by atoms with van der Waals surface area (Å²) < 4.78 is 3.36. The molecule has 0 aliphatic carbocycles. The first kappa shape index (κ1) is 16.7. The molecule has 1 amide bonds. The van der Waals surface area contributed by atoms with E-state index in [9.17, 15) is 14.9 Å². The third-order valence-electron chi connectivity index (χ3n) is 3.50. The first-order valence-electron chi connectivity index (χ1n) is 7.41. The number of nitrogens with one attached hydrogen (secondary N) is 1. The van der Waals surface area contributed by atoms with Crippen LogP contribution in [0.4, 0.5) is 5.82 Å². The van der Waals surface area contributed by atoms with Gasteiger partial charge in [-0.15, -0.1) is 0 Å². The highest BCUT2D eigenvalue weighted by atomic mass is 16.6. The fourth-order valence-electron chi connectivity index (χ4n) is 2.19. The van der Waals surface area contributed by atoms with Crippen LogP contribution in [0, 0.1) is 24.0 Å². The average molecular weight is 320 g/mol. The summed E-state index contributed by atoms with van der Waals surface area (Å²) in [5.41, 5.74) is 1.76. The van der Waals surface area contributed by atoms with E-state index in [0.717, 1.165) is 18.7 Å². The molecule has 23 heavy (non-hydrogen) atoms. The van der Waals surface area contributed by atoms with Crippen LogP contribution < -0.4 is 5.32 Å². The van der Waals surface area contributed by atoms with Gasteiger partial charge in [0.15, 0.2) is 0 Å². The number of aryl methyl sites for hydroxylation is 4. The number of hydrogen-bond acceptors (Lipinski definition) is 5. The summed E-state index contributed by atoms with van der Waals surface area (Å²) in [6.45, 7) is 5.35. The van der Waals surface area contributed by atoms with Gasteiger partial charge in [-0.3, -0.25) is 9.48 Å². The second kappa shape index (κ2) is 7.52. The summed E-state index contributed by atoms with van der Waals surface area (Å²) in [6, 6.07) is 3.33. The van der Waals surface area contributed by atoms with Gasteiger partial charge in [0.2, 0.25) is 5.91 Å². The standard InChI is InChI=1S/C14H20N6O3/c1-11-4-7-16-18(11)8-3-6-15-14(21)5-9-19-12(2)10-13(17-19)20(22)23/h4,7,10H,3,5-6,8-9H2,1-2H3,(H,15,21). The summed E-state index contributed by atoms with van der Waals surface area (Å²) in [5, 5.41) is 21.5. The number of carbonyl (C=O) groups excluding carboxylic acids is 1. The lowest BCUT2D eigenvalue weighted by atomic mass is 10.3. The lowest BCUT2D eigenvalue weighted by Crippen LogP contribution is -2.26. The molecule has 124 valence electrons. The molecule has 0 saturated heterocycles. The van der Waals surface area contributed by atoms with Gasteiger partial charge >= 0.3 is 5.82 Å². The number of aromatic nitrogens is 4. The maximum absolute atomic E-state index is 11.8. The summed E-state index contributed by atoms with van der Waals surface area (Å²) >= 11 is 0. The molecule has 9 heteroatoms. The molecule has 0 aliphatic heterocycles. The van der Waals surface area contributed by atoms with Gasteiger partial charge in [-0.2, -0.15) is 9.78 Å². The lowest BCUT2D eigenvalue weighted by molar-refractivity contribution is -0.389. The molecule has 1 N–H and O–H groups in total. The van der Waals surface area contributed by atoms with Gasteiger partial charge in [-0.05, 0) is 31.3 Å². The van der Waals surface area contributed by atoms with Gasteiger partial charge in [0.25, 0.3) is 0 Å². The molecule has 0 spiro atoms. The van der Waals surface area contributed by atoms with Crippen LogP contribution in [0.25, 0.3) is 0 Å². The van der Waals surface area contributed by atoms with E-state index < -0.39 is 4.92 Å². The Bertz CT molecular complexity index is 690. The molecule has 0 saturated carbocycles. The van der Waals surface area contributed by atoms with Crippen molar-refractivity contribution in [2.75, 3.05) is 6.54 Å². The number of nitrogens with zero attached hydrogens (tertiary/aromatic N) is 5. The van der Waals surface area contributed by atoms with E-state index in [4.69, 9.17) is 0 Å². The first-order valence-corrected chi connectivity index (χ1v) is 7.41.